The van der Waals surface area contributed by atoms with Crippen LogP contribution in [0.15, 0.2) is 23.1 Å². The highest BCUT2D eigenvalue weighted by Gasteiger charge is 2.39. The lowest BCUT2D eigenvalue weighted by Gasteiger charge is -2.25. The van der Waals surface area contributed by atoms with Crippen LogP contribution in [0.2, 0.25) is 5.02 Å². The fourth-order valence-corrected chi connectivity index (χ4v) is 4.92. The molecule has 1 fully saturated rings. The number of fused-ring (bicyclic) bond motifs is 1. The maximum absolute atomic E-state index is 12.0. The van der Waals surface area contributed by atoms with E-state index < -0.39 is 9.84 Å². The van der Waals surface area contributed by atoms with Gasteiger partial charge in [0, 0.05) is 0 Å². The van der Waals surface area contributed by atoms with E-state index >= 15 is 0 Å². The van der Waals surface area contributed by atoms with E-state index in [0.717, 1.165) is 12.0 Å². The molecule has 1 aliphatic carbocycles. The Morgan fingerprint density at radius 2 is 1.94 bits per heavy atom. The average molecular weight is 257 g/mol. The molecule has 1 aromatic carbocycles. The van der Waals surface area contributed by atoms with Crippen LogP contribution >= 0.6 is 11.6 Å². The number of rotatable bonds is 1. The normalized spacial score (nSPS) is 27.4. The molecule has 0 spiro atoms. The molecule has 1 unspecified atom stereocenters. The van der Waals surface area contributed by atoms with Gasteiger partial charge in [0.15, 0.2) is 9.84 Å². The van der Waals surface area contributed by atoms with Gasteiger partial charge in [-0.2, -0.15) is 0 Å². The van der Waals surface area contributed by atoms with E-state index in [9.17, 15) is 8.42 Å². The van der Waals surface area contributed by atoms with Gasteiger partial charge in [-0.05, 0) is 42.7 Å². The minimum atomic E-state index is -3.14. The molecule has 86 valence electrons. The summed E-state index contributed by atoms with van der Waals surface area (Å²) in [7, 11) is -3.14. The Morgan fingerprint density at radius 3 is 2.62 bits per heavy atom. The quantitative estimate of drug-likeness (QED) is 0.774. The van der Waals surface area contributed by atoms with E-state index in [1.807, 2.05) is 12.1 Å². The fraction of sp³-hybridized carbons (Fsp3) is 0.500. The molecule has 1 atom stereocenters. The van der Waals surface area contributed by atoms with Crippen molar-refractivity contribution < 1.29 is 8.42 Å². The van der Waals surface area contributed by atoms with Gasteiger partial charge in [0.2, 0.25) is 0 Å². The molecule has 0 N–H and O–H groups in total. The highest BCUT2D eigenvalue weighted by molar-refractivity contribution is 7.91. The molecule has 0 aromatic heterocycles. The molecule has 1 heterocycles. The molecule has 3 rings (SSSR count). The van der Waals surface area contributed by atoms with Gasteiger partial charge >= 0.3 is 0 Å². The van der Waals surface area contributed by atoms with Crippen LogP contribution in [0.5, 0.6) is 0 Å². The highest BCUT2D eigenvalue weighted by atomic mass is 35.5. The van der Waals surface area contributed by atoms with Crippen molar-refractivity contribution in [2.75, 3.05) is 5.75 Å². The summed E-state index contributed by atoms with van der Waals surface area (Å²) < 4.78 is 24.0. The Balaban J connectivity index is 2.21. The zero-order valence-electron chi connectivity index (χ0n) is 8.82. The number of hydrogen-bond donors (Lipinski definition) is 0. The van der Waals surface area contributed by atoms with Crippen LogP contribution in [0.4, 0.5) is 0 Å². The fourth-order valence-electron chi connectivity index (χ4n) is 2.67. The van der Waals surface area contributed by atoms with Crippen LogP contribution < -0.4 is 0 Å². The predicted octanol–water partition coefficient (Wildman–Crippen LogP) is 3.01. The second kappa shape index (κ2) is 3.47. The first kappa shape index (κ1) is 10.6. The molecule has 0 radical (unpaired) electrons. The number of sulfone groups is 1. The average Bonchev–Trinajstić information content (AvgIpc) is 3.01. The summed E-state index contributed by atoms with van der Waals surface area (Å²) in [4.78, 5) is 0.403. The van der Waals surface area contributed by atoms with Crippen LogP contribution in [0, 0.1) is 5.92 Å². The van der Waals surface area contributed by atoms with E-state index in [1.165, 1.54) is 12.8 Å². The summed E-state index contributed by atoms with van der Waals surface area (Å²) in [6.45, 7) is 0. The van der Waals surface area contributed by atoms with Gasteiger partial charge in [0.1, 0.15) is 0 Å². The van der Waals surface area contributed by atoms with Crippen molar-refractivity contribution in [1.82, 2.24) is 0 Å². The lowest BCUT2D eigenvalue weighted by Crippen LogP contribution is -2.21. The molecule has 16 heavy (non-hydrogen) atoms. The molecule has 2 aliphatic rings. The maximum atomic E-state index is 12.0. The second-order valence-electron chi connectivity index (χ2n) is 4.71. The van der Waals surface area contributed by atoms with Crippen LogP contribution in [-0.4, -0.2) is 14.2 Å². The van der Waals surface area contributed by atoms with Crippen LogP contribution in [0.1, 0.15) is 30.7 Å². The van der Waals surface area contributed by atoms with Gasteiger partial charge in [0.25, 0.3) is 0 Å². The lowest BCUT2D eigenvalue weighted by molar-refractivity contribution is 0.534. The van der Waals surface area contributed by atoms with Gasteiger partial charge in [0.05, 0.1) is 15.7 Å². The van der Waals surface area contributed by atoms with Gasteiger partial charge in [-0.15, -0.1) is 0 Å². The third-order valence-electron chi connectivity index (χ3n) is 3.60. The molecule has 0 bridgehead atoms. The van der Waals surface area contributed by atoms with E-state index in [0.29, 0.717) is 21.8 Å². The summed E-state index contributed by atoms with van der Waals surface area (Å²) in [5, 5.41) is 0.392. The van der Waals surface area contributed by atoms with Crippen molar-refractivity contribution >= 4 is 21.4 Å². The minimum absolute atomic E-state index is 0.255. The topological polar surface area (TPSA) is 34.1 Å². The van der Waals surface area contributed by atoms with Crippen molar-refractivity contribution in [2.24, 2.45) is 5.92 Å². The third-order valence-corrected chi connectivity index (χ3v) is 5.87. The van der Waals surface area contributed by atoms with Crippen molar-refractivity contribution in [2.45, 2.75) is 30.1 Å². The number of halogens is 1. The number of hydrogen-bond acceptors (Lipinski definition) is 2. The zero-order chi connectivity index (χ0) is 11.3. The van der Waals surface area contributed by atoms with Crippen LogP contribution in [0.25, 0.3) is 0 Å². The molecule has 1 aliphatic heterocycles. The molecule has 0 amide bonds. The summed E-state index contributed by atoms with van der Waals surface area (Å²) in [5.41, 5.74) is 0.959. The monoisotopic (exact) mass is 256 g/mol. The Morgan fingerprint density at radius 1 is 1.19 bits per heavy atom. The first-order valence-corrected chi connectivity index (χ1v) is 7.64. The summed E-state index contributed by atoms with van der Waals surface area (Å²) >= 11 is 6.04. The summed E-state index contributed by atoms with van der Waals surface area (Å²) in [5.74, 6) is 1.36. The van der Waals surface area contributed by atoms with Crippen molar-refractivity contribution in [1.29, 1.82) is 0 Å². The third kappa shape index (κ3) is 1.57. The van der Waals surface area contributed by atoms with Crippen molar-refractivity contribution in [3.05, 3.63) is 28.8 Å². The molecular formula is C12H13ClO2S. The minimum Gasteiger partial charge on any atom is -0.224 e. The van der Waals surface area contributed by atoms with Crippen LogP contribution in [0.3, 0.4) is 0 Å². The molecular weight excluding hydrogens is 244 g/mol. The standard InChI is InChI=1S/C12H13ClO2S/c13-11-3-1-2-10-9(8-4-5-8)6-7-16(14,15)12(10)11/h1-3,8-9H,4-7H2. The molecule has 1 aromatic rings. The highest BCUT2D eigenvalue weighted by Crippen LogP contribution is 2.49. The maximum Gasteiger partial charge on any atom is 0.180 e. The predicted molar refractivity (Wildman–Crippen MR) is 63.6 cm³/mol. The Bertz CT molecular complexity index is 532. The van der Waals surface area contributed by atoms with Crippen molar-refractivity contribution in [3.8, 4) is 0 Å². The van der Waals surface area contributed by atoms with Gasteiger partial charge in [-0.25, -0.2) is 8.42 Å². The molecule has 4 heteroatoms. The first-order chi connectivity index (χ1) is 7.59. The van der Waals surface area contributed by atoms with Crippen molar-refractivity contribution in [3.63, 3.8) is 0 Å². The zero-order valence-corrected chi connectivity index (χ0v) is 10.4. The van der Waals surface area contributed by atoms with E-state index in [2.05, 4.69) is 0 Å². The van der Waals surface area contributed by atoms with Gasteiger partial charge in [-0.3, -0.25) is 0 Å². The SMILES string of the molecule is O=S1(=O)CCC(C2CC2)c2cccc(Cl)c21. The Kier molecular flexibility index (Phi) is 2.30. The molecule has 2 nitrogen and oxygen atoms in total. The van der Waals surface area contributed by atoms with E-state index in [-0.39, 0.29) is 5.75 Å². The van der Waals surface area contributed by atoms with Crippen LogP contribution in [-0.2, 0) is 9.84 Å². The number of benzene rings is 1. The first-order valence-electron chi connectivity index (χ1n) is 5.61. The smallest absolute Gasteiger partial charge is 0.180 e. The Labute approximate surface area is 101 Å². The van der Waals surface area contributed by atoms with E-state index in [4.69, 9.17) is 11.6 Å². The van der Waals surface area contributed by atoms with Gasteiger partial charge < -0.3 is 0 Å². The van der Waals surface area contributed by atoms with E-state index in [1.54, 1.807) is 6.07 Å². The summed E-state index contributed by atoms with van der Waals surface area (Å²) in [6, 6.07) is 5.46. The van der Waals surface area contributed by atoms with Gasteiger partial charge in [-0.1, -0.05) is 23.7 Å². The largest absolute Gasteiger partial charge is 0.224 e. The molecule has 1 saturated carbocycles. The molecule has 0 saturated heterocycles. The Hall–Kier alpha value is -0.540. The second-order valence-corrected chi connectivity index (χ2v) is 7.16. The summed E-state index contributed by atoms with van der Waals surface area (Å²) in [6.07, 6.45) is 3.23. The lowest BCUT2D eigenvalue weighted by atomic mass is 9.91.